The maximum atomic E-state index is 5.46. The first-order valence-corrected chi connectivity index (χ1v) is 6.40. The molecule has 0 radical (unpaired) electrons. The van der Waals surface area contributed by atoms with Crippen LogP contribution in [0.4, 0.5) is 0 Å². The van der Waals surface area contributed by atoms with Crippen molar-refractivity contribution in [3.05, 3.63) is 11.7 Å². The molecule has 0 saturated carbocycles. The van der Waals surface area contributed by atoms with E-state index in [0.29, 0.717) is 5.92 Å². The van der Waals surface area contributed by atoms with Crippen molar-refractivity contribution in [3.63, 3.8) is 0 Å². The Morgan fingerprint density at radius 1 is 1.47 bits per heavy atom. The second-order valence-electron chi connectivity index (χ2n) is 5.36. The third-order valence-electron chi connectivity index (χ3n) is 3.85. The van der Waals surface area contributed by atoms with Gasteiger partial charge in [0.1, 0.15) is 0 Å². The summed E-state index contributed by atoms with van der Waals surface area (Å²) < 4.78 is 10.8. The molecule has 3 heterocycles. The minimum absolute atomic E-state index is 0.00294. The minimum Gasteiger partial charge on any atom is -0.381 e. The zero-order valence-corrected chi connectivity index (χ0v) is 10.2. The molecular weight excluding hydrogens is 218 g/mol. The molecule has 2 fully saturated rings. The largest absolute Gasteiger partial charge is 0.381 e. The Kier molecular flexibility index (Phi) is 2.88. The summed E-state index contributed by atoms with van der Waals surface area (Å²) in [4.78, 5) is 4.59. The zero-order valence-electron chi connectivity index (χ0n) is 10.2. The summed E-state index contributed by atoms with van der Waals surface area (Å²) in [7, 11) is 0. The van der Waals surface area contributed by atoms with Gasteiger partial charge in [-0.15, -0.1) is 0 Å². The number of aromatic nitrogens is 2. The Labute approximate surface area is 101 Å². The summed E-state index contributed by atoms with van der Waals surface area (Å²) in [6.45, 7) is 5.76. The fourth-order valence-corrected chi connectivity index (χ4v) is 2.62. The summed E-state index contributed by atoms with van der Waals surface area (Å²) in [5.74, 6) is 1.93. The SMILES string of the molecule is CC1(c2nc(C3CCOC3)no2)CCCNC1. The first-order chi connectivity index (χ1) is 8.28. The van der Waals surface area contributed by atoms with E-state index < -0.39 is 0 Å². The average Bonchev–Trinajstić information content (AvgIpc) is 3.01. The van der Waals surface area contributed by atoms with Gasteiger partial charge in [0.25, 0.3) is 0 Å². The van der Waals surface area contributed by atoms with Gasteiger partial charge in [-0.1, -0.05) is 5.16 Å². The van der Waals surface area contributed by atoms with Crippen LogP contribution in [0.25, 0.3) is 0 Å². The van der Waals surface area contributed by atoms with Crippen LogP contribution in [0, 0.1) is 0 Å². The number of hydrogen-bond acceptors (Lipinski definition) is 5. The topological polar surface area (TPSA) is 60.2 Å². The van der Waals surface area contributed by atoms with Crippen LogP contribution < -0.4 is 5.32 Å². The van der Waals surface area contributed by atoms with Gasteiger partial charge in [-0.05, 0) is 32.7 Å². The van der Waals surface area contributed by atoms with E-state index in [4.69, 9.17) is 9.26 Å². The van der Waals surface area contributed by atoms with E-state index in [-0.39, 0.29) is 5.41 Å². The summed E-state index contributed by atoms with van der Waals surface area (Å²) in [5, 5.41) is 7.52. The number of nitrogens with zero attached hydrogens (tertiary/aromatic N) is 2. The highest BCUT2D eigenvalue weighted by Gasteiger charge is 2.35. The summed E-state index contributed by atoms with van der Waals surface area (Å²) in [6.07, 6.45) is 3.29. The van der Waals surface area contributed by atoms with Gasteiger partial charge in [0.05, 0.1) is 12.0 Å². The summed E-state index contributed by atoms with van der Waals surface area (Å²) in [6, 6.07) is 0. The van der Waals surface area contributed by atoms with Crippen LogP contribution in [0.2, 0.25) is 0 Å². The molecule has 0 spiro atoms. The molecule has 0 amide bonds. The fraction of sp³-hybridized carbons (Fsp3) is 0.833. The Balaban J connectivity index is 1.78. The lowest BCUT2D eigenvalue weighted by Gasteiger charge is -2.30. The Morgan fingerprint density at radius 3 is 3.12 bits per heavy atom. The van der Waals surface area contributed by atoms with Crippen molar-refractivity contribution in [1.29, 1.82) is 0 Å². The molecule has 2 atom stereocenters. The smallest absolute Gasteiger partial charge is 0.233 e. The number of rotatable bonds is 2. The van der Waals surface area contributed by atoms with Gasteiger partial charge in [0, 0.05) is 19.1 Å². The second-order valence-corrected chi connectivity index (χ2v) is 5.36. The van der Waals surface area contributed by atoms with E-state index in [9.17, 15) is 0 Å². The molecule has 0 aliphatic carbocycles. The van der Waals surface area contributed by atoms with Crippen LogP contribution in [0.3, 0.4) is 0 Å². The average molecular weight is 237 g/mol. The first-order valence-electron chi connectivity index (χ1n) is 6.40. The lowest BCUT2D eigenvalue weighted by Crippen LogP contribution is -2.41. The second kappa shape index (κ2) is 4.38. The molecule has 1 aromatic heterocycles. The van der Waals surface area contributed by atoms with Crippen LogP contribution in [-0.2, 0) is 10.2 Å². The van der Waals surface area contributed by atoms with Crippen LogP contribution in [-0.4, -0.2) is 36.4 Å². The number of hydrogen-bond donors (Lipinski definition) is 1. The Morgan fingerprint density at radius 2 is 2.41 bits per heavy atom. The van der Waals surface area contributed by atoms with Crippen molar-refractivity contribution in [2.75, 3.05) is 26.3 Å². The fourth-order valence-electron chi connectivity index (χ4n) is 2.62. The summed E-state index contributed by atoms with van der Waals surface area (Å²) in [5.41, 5.74) is 0.00294. The quantitative estimate of drug-likeness (QED) is 0.838. The molecule has 17 heavy (non-hydrogen) atoms. The van der Waals surface area contributed by atoms with Gasteiger partial charge in [0.15, 0.2) is 5.82 Å². The standard InChI is InChI=1S/C12H19N3O2/c1-12(4-2-5-13-8-12)11-14-10(15-17-11)9-3-6-16-7-9/h9,13H,2-8H2,1H3. The molecule has 1 aromatic rings. The van der Waals surface area contributed by atoms with Crippen LogP contribution in [0.5, 0.6) is 0 Å². The van der Waals surface area contributed by atoms with E-state index in [1.807, 2.05) is 0 Å². The van der Waals surface area contributed by atoms with Gasteiger partial charge in [0.2, 0.25) is 5.89 Å². The van der Waals surface area contributed by atoms with Crippen molar-refractivity contribution < 1.29 is 9.26 Å². The van der Waals surface area contributed by atoms with E-state index in [0.717, 1.165) is 50.9 Å². The molecular formula is C12H19N3O2. The molecule has 0 aromatic carbocycles. The molecule has 2 unspecified atom stereocenters. The minimum atomic E-state index is 0.00294. The highest BCUT2D eigenvalue weighted by Crippen LogP contribution is 2.31. The zero-order chi connectivity index (χ0) is 11.7. The molecule has 5 heteroatoms. The maximum Gasteiger partial charge on any atom is 0.233 e. The first kappa shape index (κ1) is 11.2. The maximum absolute atomic E-state index is 5.46. The van der Waals surface area contributed by atoms with Crippen molar-refractivity contribution in [1.82, 2.24) is 15.5 Å². The van der Waals surface area contributed by atoms with E-state index in [1.165, 1.54) is 6.42 Å². The van der Waals surface area contributed by atoms with Crippen molar-refractivity contribution in [3.8, 4) is 0 Å². The van der Waals surface area contributed by atoms with Gasteiger partial charge >= 0.3 is 0 Å². The lowest BCUT2D eigenvalue weighted by atomic mass is 9.83. The molecule has 0 bridgehead atoms. The van der Waals surface area contributed by atoms with E-state index in [1.54, 1.807) is 0 Å². The monoisotopic (exact) mass is 237 g/mol. The van der Waals surface area contributed by atoms with E-state index in [2.05, 4.69) is 22.4 Å². The molecule has 2 saturated heterocycles. The number of piperidine rings is 1. The van der Waals surface area contributed by atoms with Gasteiger partial charge in [-0.2, -0.15) is 4.98 Å². The predicted octanol–water partition coefficient (Wildman–Crippen LogP) is 1.21. The molecule has 5 nitrogen and oxygen atoms in total. The molecule has 2 aliphatic rings. The van der Waals surface area contributed by atoms with Gasteiger partial charge in [-0.25, -0.2) is 0 Å². The van der Waals surface area contributed by atoms with Crippen LogP contribution in [0.15, 0.2) is 4.52 Å². The molecule has 94 valence electrons. The normalized spacial score (nSPS) is 34.1. The van der Waals surface area contributed by atoms with Crippen LogP contribution in [0.1, 0.15) is 43.8 Å². The predicted molar refractivity (Wildman–Crippen MR) is 61.9 cm³/mol. The number of ether oxygens (including phenoxy) is 1. The Bertz CT molecular complexity index is 379. The van der Waals surface area contributed by atoms with Gasteiger partial charge in [-0.3, -0.25) is 0 Å². The highest BCUT2D eigenvalue weighted by atomic mass is 16.5. The third-order valence-corrected chi connectivity index (χ3v) is 3.85. The highest BCUT2D eigenvalue weighted by molar-refractivity contribution is 5.08. The Hall–Kier alpha value is -0.940. The lowest BCUT2D eigenvalue weighted by molar-refractivity contribution is 0.192. The van der Waals surface area contributed by atoms with E-state index >= 15 is 0 Å². The third kappa shape index (κ3) is 2.09. The van der Waals surface area contributed by atoms with Crippen molar-refractivity contribution in [2.45, 2.75) is 37.5 Å². The van der Waals surface area contributed by atoms with Crippen molar-refractivity contribution in [2.24, 2.45) is 0 Å². The molecule has 1 N–H and O–H groups in total. The molecule has 3 rings (SSSR count). The van der Waals surface area contributed by atoms with Gasteiger partial charge < -0.3 is 14.6 Å². The number of nitrogens with one attached hydrogen (secondary N) is 1. The summed E-state index contributed by atoms with van der Waals surface area (Å²) >= 11 is 0. The van der Waals surface area contributed by atoms with Crippen LogP contribution >= 0.6 is 0 Å². The van der Waals surface area contributed by atoms with Crippen molar-refractivity contribution >= 4 is 0 Å². The molecule has 2 aliphatic heterocycles.